The first-order chi connectivity index (χ1) is 40.7. The first kappa shape index (κ1) is 80.9. The number of alkyl halides is 1. The van der Waals surface area contributed by atoms with Gasteiger partial charge in [0.15, 0.2) is 18.7 Å². The number of aliphatic hydroxyl groups is 5. The molecule has 3 saturated heterocycles. The minimum atomic E-state index is -5.73. The highest BCUT2D eigenvalue weighted by Crippen LogP contribution is 2.69. The fourth-order valence-corrected chi connectivity index (χ4v) is 17.4. The normalized spacial score (nSPS) is 34.4. The van der Waals surface area contributed by atoms with Crippen molar-refractivity contribution in [2.45, 2.75) is 98.6 Å². The number of amides is 2. The molecule has 18 atom stereocenters. The molecule has 6 rings (SSSR count). The van der Waals surface area contributed by atoms with Crippen molar-refractivity contribution in [3.8, 4) is 0 Å². The number of carbonyl (C=O) groups excluding carboxylic acids is 2. The molecule has 0 radical (unpaired) electrons. The highest BCUT2D eigenvalue weighted by atomic mass is 35.5. The summed E-state index contributed by atoms with van der Waals surface area (Å²) in [7, 11) is -50.1. The second-order valence-corrected chi connectivity index (χ2v) is 33.4. The van der Waals surface area contributed by atoms with Crippen molar-refractivity contribution < 1.29 is 189 Å². The van der Waals surface area contributed by atoms with Crippen molar-refractivity contribution in [1.82, 2.24) is 25.3 Å². The molecule has 0 saturated carbocycles. The van der Waals surface area contributed by atoms with Crippen LogP contribution in [0.4, 0.5) is 0 Å². The van der Waals surface area contributed by atoms with Gasteiger partial charge in [0, 0.05) is 30.8 Å². The van der Waals surface area contributed by atoms with Gasteiger partial charge in [-0.15, -0.1) is 11.6 Å². The maximum absolute atomic E-state index is 11.9. The number of amidine groups is 1. The molecule has 57 heteroatoms. The van der Waals surface area contributed by atoms with Crippen LogP contribution < -0.4 is 16.4 Å². The molecular formula is C34H59ClN7O40P9. The van der Waals surface area contributed by atoms with Crippen molar-refractivity contribution in [2.24, 2.45) is 10.7 Å². The van der Waals surface area contributed by atoms with Crippen molar-refractivity contribution >= 4 is 99.7 Å². The summed E-state index contributed by atoms with van der Waals surface area (Å²) in [5.41, 5.74) is -0.438. The van der Waals surface area contributed by atoms with Crippen LogP contribution in [0.3, 0.4) is 0 Å². The third-order valence-electron chi connectivity index (χ3n) is 11.7. The van der Waals surface area contributed by atoms with Gasteiger partial charge in [-0.1, -0.05) is 19.7 Å². The summed E-state index contributed by atoms with van der Waals surface area (Å²) in [6, 6.07) is 0. The van der Waals surface area contributed by atoms with E-state index in [2.05, 4.69) is 74.8 Å². The van der Waals surface area contributed by atoms with E-state index in [1.54, 1.807) is 0 Å². The molecule has 0 aromatic rings. The van der Waals surface area contributed by atoms with Gasteiger partial charge in [-0.05, 0) is 33.8 Å². The van der Waals surface area contributed by atoms with Gasteiger partial charge in [-0.25, -0.2) is 46.1 Å². The molecule has 0 bridgehead atoms. The van der Waals surface area contributed by atoms with Crippen molar-refractivity contribution in [2.75, 3.05) is 19.8 Å². The van der Waals surface area contributed by atoms with E-state index in [9.17, 15) is 90.9 Å². The van der Waals surface area contributed by atoms with Crippen LogP contribution in [-0.2, 0) is 104 Å². The maximum Gasteiger partial charge on any atom is 0.490 e. The fraction of sp³-hybridized carbons (Fsp3) is 0.559. The van der Waals surface area contributed by atoms with Gasteiger partial charge < -0.3 is 130 Å². The zero-order valence-corrected chi connectivity index (χ0v) is 54.9. The number of nitrogens with two attached hydrogens (primary N) is 1. The van der Waals surface area contributed by atoms with Crippen molar-refractivity contribution in [3.63, 3.8) is 0 Å². The van der Waals surface area contributed by atoms with E-state index in [1.807, 2.05) is 0 Å². The number of carbonyl (C=O) groups is 2. The molecule has 2 amide bonds. The first-order valence-electron chi connectivity index (χ1n) is 23.6. The standard InChI is InChI=1S/C12H21N2O14P3.C11H19ClN3O12P3.C11H19N2O14P3/c1-7-13-8(15)4-5-14(7)10-12(3,17)9(16)11(2,26-10)6-25-30(21,22)28-31(23,24)27-29(18,19)20;1-6-14-8(13)3-4-15(6)10-11(2,12)9(16)7(25-10)5-24-29(20,21)27-30(22,23)26-28(17,18)19;1-6-12-8(14)3-4-13(6)10-11(2,16)9(15)7(25-10)5-24-29(20,21)27-30(22,23)26-28(17,18)19/h4-5,9-10,16-17H,1,6H2,2-3H3,(H,13,15)(H,21,22)(H,23,24)(H2,18,19,20);3-4,7,9-10,16H,1,5H2,2H3,(H2,13,14)(H,20,21)(H,22,23)(H2,17,18,19);3-4,7,9-10,15-16H,1,5H2,2H3,(H,12,14)(H,20,21)(H,22,23)(H2,17,18,19)/t9-,10-,11-,12-;2*7-,9-,10-,11-/m111/s1. The van der Waals surface area contributed by atoms with Crippen LogP contribution in [0.2, 0.25) is 0 Å². The third-order valence-corrected chi connectivity index (χ3v) is 23.5. The second kappa shape index (κ2) is 28.9. The number of halogens is 1. The molecule has 0 aromatic heterocycles. The fourth-order valence-electron chi connectivity index (χ4n) is 7.94. The molecule has 21 N–H and O–H groups in total. The van der Waals surface area contributed by atoms with E-state index < -0.39 is 173 Å². The molecular weight excluding hydrogens is 1460 g/mol. The number of nitrogens with one attached hydrogen (secondary N) is 2. The van der Waals surface area contributed by atoms with Crippen molar-refractivity contribution in [3.05, 3.63) is 74.0 Å². The Labute approximate surface area is 515 Å². The second-order valence-electron chi connectivity index (χ2n) is 19.4. The van der Waals surface area contributed by atoms with Gasteiger partial charge in [-0.2, -0.15) is 25.9 Å². The number of aliphatic hydroxyl groups excluding tert-OH is 3. The summed E-state index contributed by atoms with van der Waals surface area (Å²) in [6.45, 7) is 12.8. The number of phosphoric ester groups is 3. The van der Waals surface area contributed by atoms with E-state index >= 15 is 0 Å². The van der Waals surface area contributed by atoms with Crippen LogP contribution >= 0.6 is 82.0 Å². The summed E-state index contributed by atoms with van der Waals surface area (Å²) >= 11 is 6.36. The minimum absolute atomic E-state index is 0.00601. The monoisotopic (exact) mass is 1520 g/mol. The number of hydrogen-bond acceptors (Lipinski definition) is 33. The molecule has 0 spiro atoms. The molecule has 6 aliphatic rings. The van der Waals surface area contributed by atoms with Gasteiger partial charge in [0.05, 0.1) is 19.8 Å². The number of ether oxygens (including phenoxy) is 3. The van der Waals surface area contributed by atoms with Crippen LogP contribution in [-0.4, -0.2) is 207 Å². The number of phosphoric acid groups is 9. The minimum Gasteiger partial charge on any atom is -0.388 e. The third kappa shape index (κ3) is 23.0. The summed E-state index contributed by atoms with van der Waals surface area (Å²) in [5.74, 6) is -0.730. The Bertz CT molecular complexity index is 3400. The number of nitrogens with zero attached hydrogens (tertiary/aromatic N) is 4. The predicted octanol–water partition coefficient (Wildman–Crippen LogP) is -2.37. The molecule has 522 valence electrons. The lowest BCUT2D eigenvalue weighted by Gasteiger charge is -2.37. The summed E-state index contributed by atoms with van der Waals surface area (Å²) < 4.78 is 153. The average Bonchev–Trinajstić information content (AvgIpc) is 1.62. The molecule has 6 heterocycles. The molecule has 3 fully saturated rings. The van der Waals surface area contributed by atoms with Gasteiger partial charge in [-0.3, -0.25) is 23.2 Å². The van der Waals surface area contributed by atoms with Gasteiger partial charge in [0.25, 0.3) is 11.8 Å². The molecule has 6 unspecified atom stereocenters. The summed E-state index contributed by atoms with van der Waals surface area (Å²) in [6.07, 6.45) is -4.19. The number of rotatable bonds is 24. The average molecular weight is 1520 g/mol. The highest BCUT2D eigenvalue weighted by molar-refractivity contribution is 7.67. The Kier molecular flexibility index (Phi) is 25.7. The van der Waals surface area contributed by atoms with E-state index in [4.69, 9.17) is 75.6 Å². The lowest BCUT2D eigenvalue weighted by atomic mass is 9.89. The summed E-state index contributed by atoms with van der Waals surface area (Å²) in [4.78, 5) is 136. The summed E-state index contributed by atoms with van der Waals surface area (Å²) in [5, 5.41) is 57.2. The van der Waals surface area contributed by atoms with Gasteiger partial charge in [0.2, 0.25) is 0 Å². The van der Waals surface area contributed by atoms with Gasteiger partial charge >= 0.3 is 70.4 Å². The van der Waals surface area contributed by atoms with E-state index in [-0.39, 0.29) is 23.3 Å². The Hall–Kier alpha value is -2.55. The Balaban J connectivity index is 0.000000291. The maximum atomic E-state index is 11.9. The number of aliphatic imine (C=N–C) groups is 1. The Morgan fingerprint density at radius 3 is 1.30 bits per heavy atom. The molecule has 0 aliphatic carbocycles. The topological polar surface area (TPSA) is 715 Å². The Morgan fingerprint density at radius 2 is 0.912 bits per heavy atom. The van der Waals surface area contributed by atoms with E-state index in [0.29, 0.717) is 0 Å². The zero-order chi connectivity index (χ0) is 70.3. The number of hydrogen-bond donors (Lipinski definition) is 20. The lowest BCUT2D eigenvalue weighted by Crippen LogP contribution is -2.54. The lowest BCUT2D eigenvalue weighted by molar-refractivity contribution is -0.135. The molecule has 0 aromatic carbocycles. The van der Waals surface area contributed by atoms with Crippen LogP contribution in [0.15, 0.2) is 79.0 Å². The quantitative estimate of drug-likeness (QED) is 0.0355. The zero-order valence-electron chi connectivity index (χ0n) is 46.1. The molecule has 47 nitrogen and oxygen atoms in total. The largest absolute Gasteiger partial charge is 0.490 e. The SMILES string of the molecule is C=C1N=C(N)C=CN1[C@@H]1O[C@H](COP(=O)(O)OP(=O)(O)OP(=O)(O)O)[C@@H](O)[C@@]1(C)Cl.C=C1NC(=O)C=CN1[C@@H]1O[C@H](COP(=O)(O)OP(=O)(O)OP(=O)(O)O)[C@@H](O)[C@@]1(C)O.C=C1NC(=O)C=CN1[C@@H]1O[C@](C)(COP(=O)(O)OP(=O)(O)OP(=O)(O)O)[C@@H](O)[C@@]1(C)O. The predicted molar refractivity (Wildman–Crippen MR) is 292 cm³/mol. The van der Waals surface area contributed by atoms with E-state index in [0.717, 1.165) is 37.8 Å². The van der Waals surface area contributed by atoms with Crippen LogP contribution in [0, 0.1) is 0 Å². The van der Waals surface area contributed by atoms with Crippen LogP contribution in [0.5, 0.6) is 0 Å². The van der Waals surface area contributed by atoms with Crippen molar-refractivity contribution in [1.29, 1.82) is 0 Å². The van der Waals surface area contributed by atoms with E-state index in [1.165, 1.54) is 41.4 Å². The molecule has 91 heavy (non-hydrogen) atoms. The Morgan fingerprint density at radius 1 is 0.549 bits per heavy atom. The van der Waals surface area contributed by atoms with Gasteiger partial charge in [0.1, 0.15) is 75.5 Å². The molecule has 6 aliphatic heterocycles. The highest BCUT2D eigenvalue weighted by Gasteiger charge is 2.62. The smallest absolute Gasteiger partial charge is 0.388 e. The first-order valence-corrected chi connectivity index (χ1v) is 37.5. The van der Waals surface area contributed by atoms with Crippen LogP contribution in [0.25, 0.3) is 0 Å². The van der Waals surface area contributed by atoms with Crippen LogP contribution in [0.1, 0.15) is 27.7 Å².